The summed E-state index contributed by atoms with van der Waals surface area (Å²) in [5.74, 6) is 2.55. The van der Waals surface area contributed by atoms with E-state index in [1.165, 1.54) is 4.90 Å². The van der Waals surface area contributed by atoms with Crippen LogP contribution in [-0.2, 0) is 4.79 Å². The van der Waals surface area contributed by atoms with E-state index in [-0.39, 0.29) is 36.4 Å². The van der Waals surface area contributed by atoms with Gasteiger partial charge in [-0.1, -0.05) is 30.4 Å². The lowest BCUT2D eigenvalue weighted by atomic mass is 10.2. The third kappa shape index (κ3) is 8.55. The van der Waals surface area contributed by atoms with Gasteiger partial charge < -0.3 is 15.1 Å². The van der Waals surface area contributed by atoms with Crippen molar-refractivity contribution in [2.24, 2.45) is 10.9 Å². The molecule has 150 valence electrons. The zero-order valence-corrected chi connectivity index (χ0v) is 19.6. The average Bonchev–Trinajstić information content (AvgIpc) is 3.09. The molecule has 0 aromatic heterocycles. The molecule has 0 radical (unpaired) electrons. The second-order valence-corrected chi connectivity index (χ2v) is 8.06. The van der Waals surface area contributed by atoms with Gasteiger partial charge >= 0.3 is 0 Å². The number of nitrogens with zero attached hydrogens (tertiary/aromatic N) is 3. The second-order valence-electron chi connectivity index (χ2n) is 6.96. The Morgan fingerprint density at radius 2 is 2.07 bits per heavy atom. The number of carbonyl (C=O) groups is 1. The van der Waals surface area contributed by atoms with Crippen LogP contribution in [-0.4, -0.2) is 67.7 Å². The van der Waals surface area contributed by atoms with E-state index in [1.54, 1.807) is 19.0 Å². The Morgan fingerprint density at radius 3 is 2.70 bits per heavy atom. The Kier molecular flexibility index (Phi) is 10.8. The molecule has 2 rings (SSSR count). The highest BCUT2D eigenvalue weighted by Gasteiger charge is 2.25. The molecule has 27 heavy (non-hydrogen) atoms. The first-order valence-electron chi connectivity index (χ1n) is 9.01. The second kappa shape index (κ2) is 12.3. The largest absolute Gasteiger partial charge is 0.353 e. The lowest BCUT2D eigenvalue weighted by Crippen LogP contribution is -2.41. The molecule has 1 aliphatic rings. The van der Waals surface area contributed by atoms with Crippen LogP contribution in [0.3, 0.4) is 0 Å². The van der Waals surface area contributed by atoms with Crippen molar-refractivity contribution in [3.63, 3.8) is 0 Å². The zero-order chi connectivity index (χ0) is 18.9. The fraction of sp³-hybridized carbons (Fsp3) is 0.500. The normalized spacial score (nSPS) is 16.6. The molecule has 1 N–H and O–H groups in total. The minimum absolute atomic E-state index is 0. The molecule has 1 aliphatic heterocycles. The van der Waals surface area contributed by atoms with Crippen molar-refractivity contribution in [1.82, 2.24) is 15.1 Å². The summed E-state index contributed by atoms with van der Waals surface area (Å²) in [5.41, 5.74) is 1.05. The highest BCUT2D eigenvalue weighted by molar-refractivity contribution is 14.0. The van der Waals surface area contributed by atoms with Gasteiger partial charge in [-0.15, -0.1) is 35.7 Å². The molecule has 7 heteroatoms. The van der Waals surface area contributed by atoms with E-state index in [2.05, 4.69) is 46.1 Å². The number of likely N-dealkylation sites (N-methyl/N-ethyl adjacent to an activating group) is 1. The average molecular weight is 502 g/mol. The van der Waals surface area contributed by atoms with Crippen LogP contribution in [0, 0.1) is 5.92 Å². The highest BCUT2D eigenvalue weighted by atomic mass is 127. The van der Waals surface area contributed by atoms with Gasteiger partial charge in [0.15, 0.2) is 5.96 Å². The molecule has 1 aromatic carbocycles. The maximum atomic E-state index is 11.9. The fourth-order valence-corrected chi connectivity index (χ4v) is 3.72. The standard InChI is InChI=1S/C20H30N4OS.HI/c1-16(2)12-21-20(22-13-19(25)23(3)4)24-11-10-17(14-24)15-26-18-8-6-5-7-9-18;/h5-9,17H,1,10-15H2,2-4H3,(H,21,22);1H. The van der Waals surface area contributed by atoms with E-state index in [0.29, 0.717) is 12.5 Å². The molecule has 1 unspecified atom stereocenters. The predicted octanol–water partition coefficient (Wildman–Crippen LogP) is 3.33. The van der Waals surface area contributed by atoms with E-state index >= 15 is 0 Å². The molecule has 5 nitrogen and oxygen atoms in total. The van der Waals surface area contributed by atoms with Crippen LogP contribution in [0.15, 0.2) is 52.4 Å². The molecular weight excluding hydrogens is 471 g/mol. The smallest absolute Gasteiger partial charge is 0.243 e. The number of hydrogen-bond donors (Lipinski definition) is 1. The lowest BCUT2D eigenvalue weighted by Gasteiger charge is -2.22. The van der Waals surface area contributed by atoms with E-state index in [9.17, 15) is 4.79 Å². The number of nitrogens with one attached hydrogen (secondary N) is 1. The van der Waals surface area contributed by atoms with Gasteiger partial charge in [0.05, 0.1) is 0 Å². The lowest BCUT2D eigenvalue weighted by molar-refractivity contribution is -0.127. The minimum atomic E-state index is 0. The van der Waals surface area contributed by atoms with Crippen molar-refractivity contribution in [1.29, 1.82) is 0 Å². The van der Waals surface area contributed by atoms with Gasteiger partial charge in [-0.3, -0.25) is 4.79 Å². The van der Waals surface area contributed by atoms with Gasteiger partial charge in [-0.05, 0) is 31.4 Å². The first kappa shape index (κ1) is 23.8. The van der Waals surface area contributed by atoms with E-state index in [0.717, 1.165) is 36.8 Å². The summed E-state index contributed by atoms with van der Waals surface area (Å²) in [5, 5.41) is 3.35. The van der Waals surface area contributed by atoms with Gasteiger partial charge in [0.2, 0.25) is 5.91 Å². The Bertz CT molecular complexity index is 636. The van der Waals surface area contributed by atoms with Gasteiger partial charge in [0.25, 0.3) is 0 Å². The van der Waals surface area contributed by atoms with Crippen LogP contribution in [0.25, 0.3) is 0 Å². The Labute approximate surface area is 184 Å². The summed E-state index contributed by atoms with van der Waals surface area (Å²) in [6.07, 6.45) is 1.15. The minimum Gasteiger partial charge on any atom is -0.353 e. The van der Waals surface area contributed by atoms with Crippen LogP contribution in [0.5, 0.6) is 0 Å². The molecule has 1 heterocycles. The molecule has 1 saturated heterocycles. The van der Waals surface area contributed by atoms with Crippen molar-refractivity contribution < 1.29 is 4.79 Å². The number of likely N-dealkylation sites (tertiary alicyclic amines) is 1. The van der Waals surface area contributed by atoms with Crippen molar-refractivity contribution >= 4 is 47.6 Å². The van der Waals surface area contributed by atoms with Crippen LogP contribution in [0.1, 0.15) is 13.3 Å². The van der Waals surface area contributed by atoms with Gasteiger partial charge in [0.1, 0.15) is 6.54 Å². The van der Waals surface area contributed by atoms with Crippen molar-refractivity contribution in [2.45, 2.75) is 18.2 Å². The molecule has 1 atom stereocenters. The highest BCUT2D eigenvalue weighted by Crippen LogP contribution is 2.25. The summed E-state index contributed by atoms with van der Waals surface area (Å²) in [6.45, 7) is 8.71. The van der Waals surface area contributed by atoms with E-state index < -0.39 is 0 Å². The molecular formula is C20H31IN4OS. The summed E-state index contributed by atoms with van der Waals surface area (Å²) < 4.78 is 0. The molecule has 1 amide bonds. The zero-order valence-electron chi connectivity index (χ0n) is 16.5. The van der Waals surface area contributed by atoms with E-state index in [1.807, 2.05) is 24.8 Å². The Morgan fingerprint density at radius 1 is 1.37 bits per heavy atom. The number of rotatable bonds is 7. The number of carbonyl (C=O) groups excluding carboxylic acids is 1. The first-order chi connectivity index (χ1) is 12.5. The Balaban J connectivity index is 0.00000364. The Hall–Kier alpha value is -1.22. The summed E-state index contributed by atoms with van der Waals surface area (Å²) in [4.78, 5) is 21.6. The molecule has 1 fully saturated rings. The van der Waals surface area contributed by atoms with E-state index in [4.69, 9.17) is 0 Å². The first-order valence-corrected chi connectivity index (χ1v) is 10.00. The fourth-order valence-electron chi connectivity index (χ4n) is 2.67. The van der Waals surface area contributed by atoms with Crippen LogP contribution >= 0.6 is 35.7 Å². The molecule has 0 saturated carbocycles. The van der Waals surface area contributed by atoms with Crippen LogP contribution in [0.2, 0.25) is 0 Å². The maximum absolute atomic E-state index is 11.9. The predicted molar refractivity (Wildman–Crippen MR) is 126 cm³/mol. The van der Waals surface area contributed by atoms with Crippen LogP contribution < -0.4 is 5.32 Å². The number of amides is 1. The number of benzene rings is 1. The monoisotopic (exact) mass is 502 g/mol. The molecule has 0 spiro atoms. The molecule has 0 aliphatic carbocycles. The topological polar surface area (TPSA) is 47.9 Å². The number of halogens is 1. The van der Waals surface area contributed by atoms with Gasteiger partial charge in [-0.2, -0.15) is 0 Å². The summed E-state index contributed by atoms with van der Waals surface area (Å²) in [6, 6.07) is 10.5. The third-order valence-electron chi connectivity index (χ3n) is 4.23. The SMILES string of the molecule is C=C(C)CNC(=NCC(=O)N(C)C)N1CCC(CSc2ccccc2)C1.I. The summed E-state index contributed by atoms with van der Waals surface area (Å²) >= 11 is 1.91. The van der Waals surface area contributed by atoms with Crippen LogP contribution in [0.4, 0.5) is 0 Å². The van der Waals surface area contributed by atoms with Gasteiger partial charge in [-0.25, -0.2) is 4.99 Å². The number of hydrogen-bond acceptors (Lipinski definition) is 3. The number of thioether (sulfide) groups is 1. The van der Waals surface area contributed by atoms with Crippen molar-refractivity contribution in [2.75, 3.05) is 46.0 Å². The number of guanidine groups is 1. The summed E-state index contributed by atoms with van der Waals surface area (Å²) in [7, 11) is 3.51. The van der Waals surface area contributed by atoms with Gasteiger partial charge in [0, 0.05) is 44.4 Å². The van der Waals surface area contributed by atoms with Crippen molar-refractivity contribution in [3.05, 3.63) is 42.5 Å². The quantitative estimate of drug-likeness (QED) is 0.204. The number of aliphatic imine (C=N–C) groups is 1. The molecule has 1 aromatic rings. The van der Waals surface area contributed by atoms with Crippen molar-refractivity contribution in [3.8, 4) is 0 Å². The maximum Gasteiger partial charge on any atom is 0.243 e. The molecule has 0 bridgehead atoms. The third-order valence-corrected chi connectivity index (χ3v) is 5.47.